The van der Waals surface area contributed by atoms with Crippen molar-refractivity contribution in [1.29, 1.82) is 0 Å². The van der Waals surface area contributed by atoms with E-state index in [1.165, 1.54) is 13.4 Å². The van der Waals surface area contributed by atoms with Gasteiger partial charge < -0.3 is 19.7 Å². The van der Waals surface area contributed by atoms with Gasteiger partial charge in [0.15, 0.2) is 0 Å². The number of nitrogens with zero attached hydrogens (tertiary/aromatic N) is 1. The lowest BCUT2D eigenvalue weighted by atomic mass is 9.98. The highest BCUT2D eigenvalue weighted by atomic mass is 16.5. The van der Waals surface area contributed by atoms with Crippen LogP contribution < -0.4 is 5.32 Å². The van der Waals surface area contributed by atoms with E-state index in [-0.39, 0.29) is 25.4 Å². The normalized spacial score (nSPS) is 13.9. The summed E-state index contributed by atoms with van der Waals surface area (Å²) in [5.74, 6) is -1.33. The van der Waals surface area contributed by atoms with Gasteiger partial charge in [0, 0.05) is 13.2 Å². The van der Waals surface area contributed by atoms with E-state index < -0.39 is 11.5 Å². The Kier molecular flexibility index (Phi) is 4.85. The molecule has 2 N–H and O–H groups in total. The third kappa shape index (κ3) is 4.54. The molecule has 0 aromatic carbocycles. The first-order valence-electron chi connectivity index (χ1n) is 5.36. The number of nitrogens with one attached hydrogen (secondary N) is 1. The van der Waals surface area contributed by atoms with Gasteiger partial charge in [-0.15, -0.1) is 0 Å². The minimum atomic E-state index is -1.00. The molecule has 0 saturated carbocycles. The molecule has 7 nitrogen and oxygen atoms in total. The van der Waals surface area contributed by atoms with E-state index in [2.05, 4.69) is 15.0 Å². The zero-order chi connectivity index (χ0) is 13.6. The number of rotatable bonds is 7. The second-order valence-corrected chi connectivity index (χ2v) is 4.28. The molecule has 1 aromatic heterocycles. The average molecular weight is 256 g/mol. The Labute approximate surface area is 104 Å². The van der Waals surface area contributed by atoms with Gasteiger partial charge in [-0.25, -0.2) is 0 Å². The van der Waals surface area contributed by atoms with Crippen LogP contribution in [-0.2, 0) is 20.7 Å². The lowest BCUT2D eigenvalue weighted by Gasteiger charge is -2.28. The zero-order valence-corrected chi connectivity index (χ0v) is 10.3. The third-order valence-electron chi connectivity index (χ3n) is 2.28. The Morgan fingerprint density at radius 1 is 1.61 bits per heavy atom. The van der Waals surface area contributed by atoms with E-state index in [0.29, 0.717) is 5.69 Å². The number of aliphatic carboxylic acids is 1. The van der Waals surface area contributed by atoms with E-state index in [1.807, 2.05) is 0 Å². The van der Waals surface area contributed by atoms with Crippen LogP contribution in [0.2, 0.25) is 0 Å². The van der Waals surface area contributed by atoms with E-state index in [1.54, 1.807) is 13.0 Å². The van der Waals surface area contributed by atoms with Gasteiger partial charge in [0.25, 0.3) is 0 Å². The Balaban J connectivity index is 2.59. The molecular weight excluding hydrogens is 240 g/mol. The molecule has 100 valence electrons. The number of ether oxygens (including phenoxy) is 1. The molecular formula is C11H16N2O5. The molecule has 1 unspecified atom stereocenters. The predicted molar refractivity (Wildman–Crippen MR) is 60.9 cm³/mol. The SMILES string of the molecule is COCC(C)(CC(=O)O)NC(=O)Cc1ccon1. The van der Waals surface area contributed by atoms with Crippen molar-refractivity contribution in [2.24, 2.45) is 0 Å². The lowest BCUT2D eigenvalue weighted by Crippen LogP contribution is -2.51. The fourth-order valence-corrected chi connectivity index (χ4v) is 1.66. The van der Waals surface area contributed by atoms with Gasteiger partial charge in [-0.3, -0.25) is 9.59 Å². The van der Waals surface area contributed by atoms with Crippen LogP contribution in [0.15, 0.2) is 16.9 Å². The van der Waals surface area contributed by atoms with Crippen molar-refractivity contribution in [3.8, 4) is 0 Å². The van der Waals surface area contributed by atoms with Crippen LogP contribution in [0, 0.1) is 0 Å². The number of carboxylic acid groups (broad SMARTS) is 1. The number of carbonyl (C=O) groups excluding carboxylic acids is 1. The quantitative estimate of drug-likeness (QED) is 0.723. The van der Waals surface area contributed by atoms with Gasteiger partial charge >= 0.3 is 5.97 Å². The summed E-state index contributed by atoms with van der Waals surface area (Å²) in [4.78, 5) is 22.5. The highest BCUT2D eigenvalue weighted by molar-refractivity contribution is 5.80. The summed E-state index contributed by atoms with van der Waals surface area (Å²) >= 11 is 0. The summed E-state index contributed by atoms with van der Waals surface area (Å²) in [7, 11) is 1.45. The summed E-state index contributed by atoms with van der Waals surface area (Å²) in [6.07, 6.45) is 1.19. The molecule has 0 radical (unpaired) electrons. The Hall–Kier alpha value is -1.89. The van der Waals surface area contributed by atoms with Crippen molar-refractivity contribution in [1.82, 2.24) is 10.5 Å². The highest BCUT2D eigenvalue weighted by Gasteiger charge is 2.29. The van der Waals surface area contributed by atoms with Crippen LogP contribution in [0.25, 0.3) is 0 Å². The molecule has 0 aliphatic carbocycles. The molecule has 0 fully saturated rings. The summed E-state index contributed by atoms with van der Waals surface area (Å²) < 4.78 is 9.54. The Morgan fingerprint density at radius 3 is 2.83 bits per heavy atom. The van der Waals surface area contributed by atoms with Crippen molar-refractivity contribution >= 4 is 11.9 Å². The second-order valence-electron chi connectivity index (χ2n) is 4.28. The van der Waals surface area contributed by atoms with Crippen molar-refractivity contribution in [2.45, 2.75) is 25.3 Å². The predicted octanol–water partition coefficient (Wildman–Crippen LogP) is 0.213. The van der Waals surface area contributed by atoms with E-state index in [9.17, 15) is 9.59 Å². The Morgan fingerprint density at radius 2 is 2.33 bits per heavy atom. The van der Waals surface area contributed by atoms with Crippen LogP contribution in [0.3, 0.4) is 0 Å². The molecule has 1 aromatic rings. The van der Waals surface area contributed by atoms with Crippen molar-refractivity contribution in [3.63, 3.8) is 0 Å². The van der Waals surface area contributed by atoms with Gasteiger partial charge in [0.1, 0.15) is 6.26 Å². The largest absolute Gasteiger partial charge is 0.481 e. The van der Waals surface area contributed by atoms with Crippen LogP contribution in [0.4, 0.5) is 0 Å². The Bertz CT molecular complexity index is 404. The number of carboxylic acids is 1. The fourth-order valence-electron chi connectivity index (χ4n) is 1.66. The fraction of sp³-hybridized carbons (Fsp3) is 0.545. The number of methoxy groups -OCH3 is 1. The van der Waals surface area contributed by atoms with Crippen molar-refractivity contribution in [2.75, 3.05) is 13.7 Å². The molecule has 18 heavy (non-hydrogen) atoms. The highest BCUT2D eigenvalue weighted by Crippen LogP contribution is 2.11. The molecule has 7 heteroatoms. The van der Waals surface area contributed by atoms with E-state index in [0.717, 1.165) is 0 Å². The maximum atomic E-state index is 11.7. The van der Waals surface area contributed by atoms with E-state index in [4.69, 9.17) is 9.84 Å². The number of aromatic nitrogens is 1. The first kappa shape index (κ1) is 14.2. The molecule has 0 aliphatic rings. The van der Waals surface area contributed by atoms with Crippen LogP contribution in [0.1, 0.15) is 19.0 Å². The molecule has 0 aliphatic heterocycles. The van der Waals surface area contributed by atoms with Gasteiger partial charge in [0.05, 0.1) is 30.7 Å². The molecule has 0 saturated heterocycles. The van der Waals surface area contributed by atoms with Gasteiger partial charge in [-0.2, -0.15) is 0 Å². The summed E-state index contributed by atoms with van der Waals surface area (Å²) in [6, 6.07) is 1.57. The number of carbonyl (C=O) groups is 2. The minimum Gasteiger partial charge on any atom is -0.481 e. The maximum absolute atomic E-state index is 11.7. The van der Waals surface area contributed by atoms with Crippen LogP contribution in [-0.4, -0.2) is 41.4 Å². The first-order chi connectivity index (χ1) is 8.45. The maximum Gasteiger partial charge on any atom is 0.305 e. The number of hydrogen-bond donors (Lipinski definition) is 2. The van der Waals surface area contributed by atoms with Crippen LogP contribution >= 0.6 is 0 Å². The summed E-state index contributed by atoms with van der Waals surface area (Å²) in [5, 5.41) is 15.1. The minimum absolute atomic E-state index is 0.0371. The van der Waals surface area contributed by atoms with E-state index >= 15 is 0 Å². The topological polar surface area (TPSA) is 102 Å². The van der Waals surface area contributed by atoms with Crippen molar-refractivity contribution in [3.05, 3.63) is 18.0 Å². The zero-order valence-electron chi connectivity index (χ0n) is 10.3. The molecule has 1 atom stereocenters. The standard InChI is InChI=1S/C11H16N2O5/c1-11(7-17-2,6-10(15)16)12-9(14)5-8-3-4-18-13-8/h3-4H,5-7H2,1-2H3,(H,12,14)(H,15,16). The second kappa shape index (κ2) is 6.15. The summed E-state index contributed by atoms with van der Waals surface area (Å²) in [6.45, 7) is 1.73. The monoisotopic (exact) mass is 256 g/mol. The molecule has 0 spiro atoms. The van der Waals surface area contributed by atoms with Crippen LogP contribution in [0.5, 0.6) is 0 Å². The van der Waals surface area contributed by atoms with Crippen molar-refractivity contribution < 1.29 is 24.0 Å². The number of hydrogen-bond acceptors (Lipinski definition) is 5. The third-order valence-corrected chi connectivity index (χ3v) is 2.28. The van der Waals surface area contributed by atoms with Gasteiger partial charge in [0.2, 0.25) is 5.91 Å². The first-order valence-corrected chi connectivity index (χ1v) is 5.36. The van der Waals surface area contributed by atoms with Gasteiger partial charge in [-0.1, -0.05) is 5.16 Å². The molecule has 1 amide bonds. The number of amides is 1. The molecule has 1 rings (SSSR count). The smallest absolute Gasteiger partial charge is 0.305 e. The molecule has 1 heterocycles. The summed E-state index contributed by atoms with van der Waals surface area (Å²) in [5.41, 5.74) is -0.455. The molecule has 0 bridgehead atoms. The lowest BCUT2D eigenvalue weighted by molar-refractivity contribution is -0.139. The average Bonchev–Trinajstić information content (AvgIpc) is 2.67. The van der Waals surface area contributed by atoms with Gasteiger partial charge in [-0.05, 0) is 6.92 Å².